The Hall–Kier alpha value is -3.38. The van der Waals surface area contributed by atoms with E-state index in [2.05, 4.69) is 25.3 Å². The minimum atomic E-state index is -4.77. The summed E-state index contributed by atoms with van der Waals surface area (Å²) in [4.78, 5) is 21.1. The molecule has 0 aliphatic rings. The number of aliphatic hydroxyl groups excluding tert-OH is 1. The SMILES string of the molecule is CC(O)CNC(=O)c1ccc2c(c1)nc(Nc1nc3ccc(OC(F)(F)F)cc3s1)n2C. The van der Waals surface area contributed by atoms with Crippen molar-refractivity contribution in [1.82, 2.24) is 19.9 Å². The number of aromatic nitrogens is 3. The molecule has 1 unspecified atom stereocenters. The first-order chi connectivity index (χ1) is 15.1. The number of carbonyl (C=O) groups excluding carboxylic acids is 1. The highest BCUT2D eigenvalue weighted by atomic mass is 32.1. The summed E-state index contributed by atoms with van der Waals surface area (Å²) in [6.07, 6.45) is -5.42. The number of hydrogen-bond donors (Lipinski definition) is 3. The van der Waals surface area contributed by atoms with Crippen LogP contribution in [-0.2, 0) is 7.05 Å². The number of fused-ring (bicyclic) bond motifs is 2. The van der Waals surface area contributed by atoms with Gasteiger partial charge >= 0.3 is 6.36 Å². The summed E-state index contributed by atoms with van der Waals surface area (Å²) < 4.78 is 43.6. The van der Waals surface area contributed by atoms with Gasteiger partial charge in [-0.15, -0.1) is 13.2 Å². The molecule has 4 rings (SSSR count). The lowest BCUT2D eigenvalue weighted by Gasteiger charge is -2.07. The fraction of sp³-hybridized carbons (Fsp3) is 0.250. The summed E-state index contributed by atoms with van der Waals surface area (Å²) >= 11 is 1.16. The number of nitrogens with zero attached hydrogens (tertiary/aromatic N) is 3. The fourth-order valence-electron chi connectivity index (χ4n) is 3.05. The van der Waals surface area contributed by atoms with Crippen molar-refractivity contribution < 1.29 is 27.8 Å². The van der Waals surface area contributed by atoms with E-state index in [9.17, 15) is 23.1 Å². The van der Waals surface area contributed by atoms with Gasteiger partial charge in [0.1, 0.15) is 5.75 Å². The first kappa shape index (κ1) is 21.8. The number of anilines is 2. The molecule has 0 saturated carbocycles. The van der Waals surface area contributed by atoms with E-state index in [1.54, 1.807) is 36.7 Å². The predicted octanol–water partition coefficient (Wildman–Crippen LogP) is 3.94. The third-order valence-corrected chi connectivity index (χ3v) is 5.45. The molecule has 1 atom stereocenters. The minimum absolute atomic E-state index is 0.138. The molecule has 2 aromatic carbocycles. The molecule has 0 spiro atoms. The van der Waals surface area contributed by atoms with Crippen LogP contribution in [0.25, 0.3) is 21.3 Å². The van der Waals surface area contributed by atoms with Gasteiger partial charge in [0.05, 0.1) is 27.4 Å². The third kappa shape index (κ3) is 4.75. The van der Waals surface area contributed by atoms with Crippen LogP contribution in [0.1, 0.15) is 17.3 Å². The zero-order valence-corrected chi connectivity index (χ0v) is 17.7. The molecule has 0 fully saturated rings. The van der Waals surface area contributed by atoms with E-state index in [4.69, 9.17) is 0 Å². The van der Waals surface area contributed by atoms with Crippen LogP contribution in [0.15, 0.2) is 36.4 Å². The number of hydrogen-bond acceptors (Lipinski definition) is 7. The van der Waals surface area contributed by atoms with Gasteiger partial charge in [-0.2, -0.15) is 0 Å². The maximum atomic E-state index is 12.4. The number of halogens is 3. The van der Waals surface area contributed by atoms with Gasteiger partial charge in [-0.3, -0.25) is 4.79 Å². The van der Waals surface area contributed by atoms with Gasteiger partial charge in [0.15, 0.2) is 5.13 Å². The summed E-state index contributed by atoms with van der Waals surface area (Å²) in [6.45, 7) is 1.71. The number of aryl methyl sites for hydroxylation is 1. The quantitative estimate of drug-likeness (QED) is 0.399. The summed E-state index contributed by atoms with van der Waals surface area (Å²) in [5.41, 5.74) is 2.26. The fourth-order valence-corrected chi connectivity index (χ4v) is 3.93. The van der Waals surface area contributed by atoms with E-state index < -0.39 is 12.5 Å². The number of nitrogens with one attached hydrogen (secondary N) is 2. The first-order valence-electron chi connectivity index (χ1n) is 9.45. The van der Waals surface area contributed by atoms with E-state index in [0.29, 0.717) is 32.4 Å². The topological polar surface area (TPSA) is 101 Å². The van der Waals surface area contributed by atoms with Crippen molar-refractivity contribution in [3.8, 4) is 5.75 Å². The van der Waals surface area contributed by atoms with Crippen molar-refractivity contribution in [2.75, 3.05) is 11.9 Å². The molecule has 3 N–H and O–H groups in total. The van der Waals surface area contributed by atoms with Crippen molar-refractivity contribution in [1.29, 1.82) is 0 Å². The van der Waals surface area contributed by atoms with Crippen molar-refractivity contribution in [3.05, 3.63) is 42.0 Å². The normalized spacial score (nSPS) is 12.8. The number of aliphatic hydroxyl groups is 1. The number of benzene rings is 2. The maximum absolute atomic E-state index is 12.4. The maximum Gasteiger partial charge on any atom is 0.573 e. The molecule has 0 aliphatic heterocycles. The summed E-state index contributed by atoms with van der Waals surface area (Å²) in [5.74, 6) is -0.187. The molecule has 0 radical (unpaired) electrons. The minimum Gasteiger partial charge on any atom is -0.406 e. The monoisotopic (exact) mass is 465 g/mol. The third-order valence-electron chi connectivity index (χ3n) is 4.51. The molecule has 168 valence electrons. The predicted molar refractivity (Wildman–Crippen MR) is 114 cm³/mol. The molecule has 0 bridgehead atoms. The van der Waals surface area contributed by atoms with Crippen LogP contribution in [0.4, 0.5) is 24.3 Å². The molecule has 1 amide bonds. The van der Waals surface area contributed by atoms with Crippen molar-refractivity contribution in [2.45, 2.75) is 19.4 Å². The molecule has 4 aromatic rings. The Kier molecular flexibility index (Phi) is 5.65. The number of thiazole rings is 1. The zero-order valence-electron chi connectivity index (χ0n) is 16.9. The van der Waals surface area contributed by atoms with Gasteiger partial charge in [0, 0.05) is 25.2 Å². The Balaban J connectivity index is 1.57. The number of rotatable bonds is 6. The molecule has 12 heteroatoms. The Morgan fingerprint density at radius 2 is 2.00 bits per heavy atom. The van der Waals surface area contributed by atoms with Crippen molar-refractivity contribution in [2.24, 2.45) is 7.05 Å². The van der Waals surface area contributed by atoms with Gasteiger partial charge < -0.3 is 25.0 Å². The summed E-state index contributed by atoms with van der Waals surface area (Å²) in [5, 5.41) is 15.5. The molecule has 8 nitrogen and oxygen atoms in total. The molecule has 2 heterocycles. The van der Waals surface area contributed by atoms with Crippen LogP contribution < -0.4 is 15.4 Å². The average molecular weight is 465 g/mol. The lowest BCUT2D eigenvalue weighted by atomic mass is 10.2. The molecule has 0 aliphatic carbocycles. The van der Waals surface area contributed by atoms with E-state index in [1.165, 1.54) is 18.2 Å². The van der Waals surface area contributed by atoms with Crippen molar-refractivity contribution in [3.63, 3.8) is 0 Å². The molecule has 32 heavy (non-hydrogen) atoms. The highest BCUT2D eigenvalue weighted by molar-refractivity contribution is 7.22. The second-order valence-corrected chi connectivity index (χ2v) is 8.11. The highest BCUT2D eigenvalue weighted by Crippen LogP contribution is 2.33. The number of ether oxygens (including phenoxy) is 1. The summed E-state index contributed by atoms with van der Waals surface area (Å²) in [6, 6.07) is 8.98. The molecule has 0 saturated heterocycles. The van der Waals surface area contributed by atoms with Gasteiger partial charge in [0.25, 0.3) is 5.91 Å². The second-order valence-electron chi connectivity index (χ2n) is 7.08. The standard InChI is InChI=1S/C20H18F3N5O3S/c1-10(29)9-24-17(30)11-3-6-15-14(7-11)25-18(28(15)2)27-19-26-13-5-4-12(8-16(13)32-19)31-20(21,22)23/h3-8,10,29H,9H2,1-2H3,(H,24,30)(H,25,26,27). The highest BCUT2D eigenvalue weighted by Gasteiger charge is 2.31. The Labute approximate surface area is 183 Å². The second kappa shape index (κ2) is 8.28. The lowest BCUT2D eigenvalue weighted by molar-refractivity contribution is -0.274. The van der Waals surface area contributed by atoms with E-state index in [0.717, 1.165) is 16.9 Å². The van der Waals surface area contributed by atoms with E-state index in [1.807, 2.05) is 0 Å². The molecule has 2 aromatic heterocycles. The first-order valence-corrected chi connectivity index (χ1v) is 10.3. The van der Waals surface area contributed by atoms with Gasteiger partial charge in [-0.1, -0.05) is 11.3 Å². The Morgan fingerprint density at radius 3 is 2.72 bits per heavy atom. The van der Waals surface area contributed by atoms with Gasteiger partial charge in [-0.05, 0) is 37.3 Å². The van der Waals surface area contributed by atoms with Crippen LogP contribution in [0.2, 0.25) is 0 Å². The van der Waals surface area contributed by atoms with Crippen LogP contribution >= 0.6 is 11.3 Å². The Bertz CT molecular complexity index is 1300. The summed E-state index contributed by atoms with van der Waals surface area (Å²) in [7, 11) is 1.79. The van der Waals surface area contributed by atoms with Crippen LogP contribution in [-0.4, -0.2) is 44.6 Å². The number of alkyl halides is 3. The lowest BCUT2D eigenvalue weighted by Crippen LogP contribution is -2.30. The number of carbonyl (C=O) groups is 1. The van der Waals surface area contributed by atoms with Gasteiger partial charge in [0.2, 0.25) is 5.95 Å². The number of amides is 1. The van der Waals surface area contributed by atoms with Crippen LogP contribution in [0.3, 0.4) is 0 Å². The smallest absolute Gasteiger partial charge is 0.406 e. The molecular formula is C20H18F3N5O3S. The number of imidazole rings is 1. The van der Waals surface area contributed by atoms with E-state index >= 15 is 0 Å². The average Bonchev–Trinajstić information content (AvgIpc) is 3.24. The van der Waals surface area contributed by atoms with Gasteiger partial charge in [-0.25, -0.2) is 9.97 Å². The van der Waals surface area contributed by atoms with Crippen molar-refractivity contribution >= 4 is 49.6 Å². The zero-order chi connectivity index (χ0) is 23.0. The Morgan fingerprint density at radius 1 is 1.22 bits per heavy atom. The van der Waals surface area contributed by atoms with Crippen LogP contribution in [0.5, 0.6) is 5.75 Å². The molecular weight excluding hydrogens is 447 g/mol. The van der Waals surface area contributed by atoms with Crippen LogP contribution in [0, 0.1) is 0 Å². The largest absolute Gasteiger partial charge is 0.573 e. The van der Waals surface area contributed by atoms with E-state index in [-0.39, 0.29) is 18.2 Å².